The number of benzene rings is 1. The smallest absolute Gasteiger partial charge is 0.353 e. The highest BCUT2D eigenvalue weighted by molar-refractivity contribution is 5.96. The summed E-state index contributed by atoms with van der Waals surface area (Å²) in [5, 5.41) is 7.88. The number of hydrogen-bond donors (Lipinski definition) is 3. The van der Waals surface area contributed by atoms with Crippen LogP contribution < -0.4 is 16.0 Å². The SMILES string of the molecule is CNC(C)CNC(=O)CNC(=O)c1ccc(C(F)(F)F)cc1.Cl. The van der Waals surface area contributed by atoms with Crippen LogP contribution in [0.1, 0.15) is 22.8 Å². The first kappa shape index (κ1) is 21.2. The Morgan fingerprint density at radius 3 is 2.17 bits per heavy atom. The molecule has 1 rings (SSSR count). The molecule has 0 fully saturated rings. The highest BCUT2D eigenvalue weighted by Gasteiger charge is 2.30. The van der Waals surface area contributed by atoms with Gasteiger partial charge < -0.3 is 16.0 Å². The van der Waals surface area contributed by atoms with Crippen molar-refractivity contribution >= 4 is 24.2 Å². The van der Waals surface area contributed by atoms with Crippen LogP contribution in [0.3, 0.4) is 0 Å². The number of carbonyl (C=O) groups excluding carboxylic acids is 2. The molecule has 0 heterocycles. The predicted molar refractivity (Wildman–Crippen MR) is 82.6 cm³/mol. The van der Waals surface area contributed by atoms with Gasteiger partial charge in [0.05, 0.1) is 12.1 Å². The van der Waals surface area contributed by atoms with Gasteiger partial charge in [-0.25, -0.2) is 0 Å². The minimum absolute atomic E-state index is 0. The van der Waals surface area contributed by atoms with Crippen LogP contribution >= 0.6 is 12.4 Å². The highest BCUT2D eigenvalue weighted by atomic mass is 35.5. The van der Waals surface area contributed by atoms with E-state index in [1.54, 1.807) is 7.05 Å². The van der Waals surface area contributed by atoms with E-state index in [1.807, 2.05) is 6.92 Å². The predicted octanol–water partition coefficient (Wildman–Crippen LogP) is 1.58. The molecule has 0 bridgehead atoms. The van der Waals surface area contributed by atoms with Crippen LogP contribution in [0.25, 0.3) is 0 Å². The van der Waals surface area contributed by atoms with Crippen LogP contribution in [-0.4, -0.2) is 38.0 Å². The Morgan fingerprint density at radius 2 is 1.70 bits per heavy atom. The van der Waals surface area contributed by atoms with E-state index in [0.717, 1.165) is 24.3 Å². The Kier molecular flexibility index (Phi) is 8.63. The molecule has 0 saturated carbocycles. The zero-order chi connectivity index (χ0) is 16.8. The number of halogens is 4. The summed E-state index contributed by atoms with van der Waals surface area (Å²) in [6.07, 6.45) is -4.45. The highest BCUT2D eigenvalue weighted by Crippen LogP contribution is 2.28. The first-order valence-corrected chi connectivity index (χ1v) is 6.63. The standard InChI is InChI=1S/C14H18F3N3O2.ClH/c1-9(18-2)7-19-12(21)8-20-13(22)10-3-5-11(6-4-10)14(15,16)17;/h3-6,9,18H,7-8H2,1-2H3,(H,19,21)(H,20,22);1H. The van der Waals surface area contributed by atoms with Crippen molar-refractivity contribution < 1.29 is 22.8 Å². The average Bonchev–Trinajstić information content (AvgIpc) is 2.49. The number of carbonyl (C=O) groups is 2. The maximum atomic E-state index is 12.4. The van der Waals surface area contributed by atoms with Crippen molar-refractivity contribution in [1.82, 2.24) is 16.0 Å². The summed E-state index contributed by atoms with van der Waals surface area (Å²) in [6.45, 7) is 2.04. The molecular formula is C14H19ClF3N3O2. The Bertz CT molecular complexity index is 521. The van der Waals surface area contributed by atoms with Gasteiger partial charge in [0.2, 0.25) is 5.91 Å². The number of nitrogens with one attached hydrogen (secondary N) is 3. The molecule has 0 aliphatic carbocycles. The van der Waals surface area contributed by atoms with Gasteiger partial charge in [0.25, 0.3) is 5.91 Å². The summed E-state index contributed by atoms with van der Waals surface area (Å²) in [4.78, 5) is 23.2. The summed E-state index contributed by atoms with van der Waals surface area (Å²) in [5.74, 6) is -0.979. The molecule has 0 spiro atoms. The van der Waals surface area contributed by atoms with Crippen molar-refractivity contribution in [1.29, 1.82) is 0 Å². The lowest BCUT2D eigenvalue weighted by Crippen LogP contribution is -2.42. The number of amides is 2. The largest absolute Gasteiger partial charge is 0.416 e. The maximum Gasteiger partial charge on any atom is 0.416 e. The third-order valence-electron chi connectivity index (χ3n) is 2.98. The zero-order valence-electron chi connectivity index (χ0n) is 12.7. The monoisotopic (exact) mass is 353 g/mol. The fourth-order valence-corrected chi connectivity index (χ4v) is 1.50. The van der Waals surface area contributed by atoms with Gasteiger partial charge in [-0.1, -0.05) is 0 Å². The van der Waals surface area contributed by atoms with E-state index in [9.17, 15) is 22.8 Å². The maximum absolute atomic E-state index is 12.4. The summed E-state index contributed by atoms with van der Waals surface area (Å²) < 4.78 is 37.2. The normalized spacial score (nSPS) is 12.0. The van der Waals surface area contributed by atoms with Gasteiger partial charge in [0.15, 0.2) is 0 Å². The number of alkyl halides is 3. The topological polar surface area (TPSA) is 70.2 Å². The minimum atomic E-state index is -4.45. The lowest BCUT2D eigenvalue weighted by atomic mass is 10.1. The second kappa shape index (κ2) is 9.36. The summed E-state index contributed by atoms with van der Waals surface area (Å²) >= 11 is 0. The first-order valence-electron chi connectivity index (χ1n) is 6.63. The lowest BCUT2D eigenvalue weighted by molar-refractivity contribution is -0.137. The van der Waals surface area contributed by atoms with Gasteiger partial charge in [-0.05, 0) is 38.2 Å². The van der Waals surface area contributed by atoms with Gasteiger partial charge >= 0.3 is 6.18 Å². The van der Waals surface area contributed by atoms with Crippen LogP contribution in [0.4, 0.5) is 13.2 Å². The molecule has 0 radical (unpaired) electrons. The molecule has 0 saturated heterocycles. The number of hydrogen-bond acceptors (Lipinski definition) is 3. The molecule has 9 heteroatoms. The van der Waals surface area contributed by atoms with E-state index in [0.29, 0.717) is 6.54 Å². The van der Waals surface area contributed by atoms with Crippen molar-refractivity contribution in [2.24, 2.45) is 0 Å². The second-order valence-corrected chi connectivity index (χ2v) is 4.75. The molecular weight excluding hydrogens is 335 g/mol. The van der Waals surface area contributed by atoms with Crippen molar-refractivity contribution in [3.63, 3.8) is 0 Å². The average molecular weight is 354 g/mol. The van der Waals surface area contributed by atoms with E-state index in [2.05, 4.69) is 16.0 Å². The second-order valence-electron chi connectivity index (χ2n) is 4.75. The van der Waals surface area contributed by atoms with Crippen molar-refractivity contribution in [3.8, 4) is 0 Å². The zero-order valence-corrected chi connectivity index (χ0v) is 13.5. The fraction of sp³-hybridized carbons (Fsp3) is 0.429. The molecule has 130 valence electrons. The van der Waals surface area contributed by atoms with E-state index in [1.165, 1.54) is 0 Å². The minimum Gasteiger partial charge on any atom is -0.353 e. The van der Waals surface area contributed by atoms with Crippen molar-refractivity contribution in [2.45, 2.75) is 19.1 Å². The number of likely N-dealkylation sites (N-methyl/N-ethyl adjacent to an activating group) is 1. The molecule has 0 aliphatic rings. The van der Waals surface area contributed by atoms with Gasteiger partial charge in [-0.15, -0.1) is 12.4 Å². The van der Waals surface area contributed by atoms with Crippen LogP contribution in [0.5, 0.6) is 0 Å². The van der Waals surface area contributed by atoms with Crippen LogP contribution in [-0.2, 0) is 11.0 Å². The van der Waals surface area contributed by atoms with Gasteiger partial charge in [0, 0.05) is 18.2 Å². The molecule has 1 aromatic carbocycles. The third-order valence-corrected chi connectivity index (χ3v) is 2.98. The number of rotatable bonds is 6. The molecule has 2 amide bonds. The fourth-order valence-electron chi connectivity index (χ4n) is 1.50. The van der Waals surface area contributed by atoms with Gasteiger partial charge in [-0.2, -0.15) is 13.2 Å². The Balaban J connectivity index is 0.00000484. The Morgan fingerprint density at radius 1 is 1.13 bits per heavy atom. The molecule has 1 atom stereocenters. The van der Waals surface area contributed by atoms with E-state index < -0.39 is 17.6 Å². The van der Waals surface area contributed by atoms with E-state index in [4.69, 9.17) is 0 Å². The summed E-state index contributed by atoms with van der Waals surface area (Å²) in [6, 6.07) is 3.88. The van der Waals surface area contributed by atoms with Gasteiger partial charge in [0.1, 0.15) is 0 Å². The van der Waals surface area contributed by atoms with E-state index in [-0.39, 0.29) is 36.5 Å². The third kappa shape index (κ3) is 7.34. The van der Waals surface area contributed by atoms with Gasteiger partial charge in [-0.3, -0.25) is 9.59 Å². The molecule has 23 heavy (non-hydrogen) atoms. The molecule has 1 unspecified atom stereocenters. The quantitative estimate of drug-likeness (QED) is 0.727. The molecule has 0 aliphatic heterocycles. The van der Waals surface area contributed by atoms with Crippen LogP contribution in [0.15, 0.2) is 24.3 Å². The molecule has 0 aromatic heterocycles. The van der Waals surface area contributed by atoms with Crippen LogP contribution in [0, 0.1) is 0 Å². The first-order chi connectivity index (χ1) is 10.2. The van der Waals surface area contributed by atoms with Crippen LogP contribution in [0.2, 0.25) is 0 Å². The Hall–Kier alpha value is -1.80. The van der Waals surface area contributed by atoms with Crippen molar-refractivity contribution in [2.75, 3.05) is 20.1 Å². The Labute approximate surface area is 138 Å². The molecule has 3 N–H and O–H groups in total. The summed E-state index contributed by atoms with van der Waals surface area (Å²) in [7, 11) is 1.75. The molecule has 1 aromatic rings. The summed E-state index contributed by atoms with van der Waals surface area (Å²) in [5.41, 5.74) is -0.771. The molecule has 5 nitrogen and oxygen atoms in total. The van der Waals surface area contributed by atoms with Crippen molar-refractivity contribution in [3.05, 3.63) is 35.4 Å². The lowest BCUT2D eigenvalue weighted by Gasteiger charge is -2.12. The van der Waals surface area contributed by atoms with E-state index >= 15 is 0 Å².